The Balaban J connectivity index is 2.58. The fourth-order valence-electron chi connectivity index (χ4n) is 1.85. The summed E-state index contributed by atoms with van der Waals surface area (Å²) >= 11 is 0. The minimum Gasteiger partial charge on any atom is -0.393 e. The Bertz CT molecular complexity index is 421. The van der Waals surface area contributed by atoms with Gasteiger partial charge in [0.2, 0.25) is 5.82 Å². The number of benzene rings is 1. The van der Waals surface area contributed by atoms with E-state index in [0.29, 0.717) is 30.7 Å². The standard InChI is InChI=1S/C13H18FNO3/c1-9(2)7-11(16)5-3-10-4-6-13(15(17)18)12(14)8-10/h4,6,8-9,11,16H,3,5,7H2,1-2H3. The summed E-state index contributed by atoms with van der Waals surface area (Å²) < 4.78 is 13.3. The molecule has 0 bridgehead atoms. The Hall–Kier alpha value is -1.49. The molecule has 0 fully saturated rings. The van der Waals surface area contributed by atoms with Gasteiger partial charge in [-0.2, -0.15) is 4.39 Å². The number of nitrogens with zero attached hydrogens (tertiary/aromatic N) is 1. The van der Waals surface area contributed by atoms with Gasteiger partial charge in [-0.1, -0.05) is 19.9 Å². The number of rotatable bonds is 6. The summed E-state index contributed by atoms with van der Waals surface area (Å²) in [4.78, 5) is 9.70. The molecule has 1 unspecified atom stereocenters. The molecule has 1 aromatic carbocycles. The third-order valence-corrected chi connectivity index (χ3v) is 2.72. The molecule has 0 amide bonds. The van der Waals surface area contributed by atoms with E-state index >= 15 is 0 Å². The van der Waals surface area contributed by atoms with Crippen LogP contribution in [0, 0.1) is 21.8 Å². The van der Waals surface area contributed by atoms with Crippen molar-refractivity contribution >= 4 is 5.69 Å². The van der Waals surface area contributed by atoms with Gasteiger partial charge in [-0.25, -0.2) is 0 Å². The smallest absolute Gasteiger partial charge is 0.304 e. The first-order chi connectivity index (χ1) is 8.40. The predicted molar refractivity (Wildman–Crippen MR) is 66.8 cm³/mol. The molecular weight excluding hydrogens is 237 g/mol. The molecule has 1 atom stereocenters. The highest BCUT2D eigenvalue weighted by atomic mass is 19.1. The first kappa shape index (κ1) is 14.6. The fraction of sp³-hybridized carbons (Fsp3) is 0.538. The van der Waals surface area contributed by atoms with E-state index in [-0.39, 0.29) is 0 Å². The molecule has 0 aromatic heterocycles. The quantitative estimate of drug-likeness (QED) is 0.627. The normalized spacial score (nSPS) is 12.7. The summed E-state index contributed by atoms with van der Waals surface area (Å²) in [7, 11) is 0. The van der Waals surface area contributed by atoms with E-state index in [2.05, 4.69) is 0 Å². The van der Waals surface area contributed by atoms with Crippen LogP contribution in [0.1, 0.15) is 32.3 Å². The first-order valence-corrected chi connectivity index (χ1v) is 6.01. The van der Waals surface area contributed by atoms with Gasteiger partial charge in [0.25, 0.3) is 0 Å². The Morgan fingerprint density at radius 1 is 1.44 bits per heavy atom. The van der Waals surface area contributed by atoms with Crippen molar-refractivity contribution in [3.63, 3.8) is 0 Å². The van der Waals surface area contributed by atoms with Crippen LogP contribution in [0.4, 0.5) is 10.1 Å². The van der Waals surface area contributed by atoms with Crippen molar-refractivity contribution in [3.05, 3.63) is 39.7 Å². The first-order valence-electron chi connectivity index (χ1n) is 6.01. The van der Waals surface area contributed by atoms with Crippen LogP contribution in [0.25, 0.3) is 0 Å². The molecule has 0 saturated carbocycles. The Morgan fingerprint density at radius 3 is 2.61 bits per heavy atom. The number of aliphatic hydroxyl groups excluding tert-OH is 1. The molecule has 1 rings (SSSR count). The molecule has 1 aromatic rings. The van der Waals surface area contributed by atoms with Crippen molar-refractivity contribution in [3.8, 4) is 0 Å². The number of hydrogen-bond donors (Lipinski definition) is 1. The van der Waals surface area contributed by atoms with Crippen LogP contribution in [0.2, 0.25) is 0 Å². The van der Waals surface area contributed by atoms with Crippen molar-refractivity contribution < 1.29 is 14.4 Å². The van der Waals surface area contributed by atoms with Crippen LogP contribution in [-0.4, -0.2) is 16.1 Å². The van der Waals surface area contributed by atoms with E-state index in [4.69, 9.17) is 0 Å². The Labute approximate surface area is 106 Å². The maximum absolute atomic E-state index is 13.3. The molecule has 5 heteroatoms. The fourth-order valence-corrected chi connectivity index (χ4v) is 1.85. The third kappa shape index (κ3) is 4.41. The number of hydrogen-bond acceptors (Lipinski definition) is 3. The molecule has 0 aliphatic rings. The van der Waals surface area contributed by atoms with Crippen molar-refractivity contribution in [2.24, 2.45) is 5.92 Å². The molecule has 4 nitrogen and oxygen atoms in total. The zero-order chi connectivity index (χ0) is 13.7. The van der Waals surface area contributed by atoms with Crippen LogP contribution in [-0.2, 0) is 6.42 Å². The lowest BCUT2D eigenvalue weighted by Gasteiger charge is -2.12. The molecule has 0 heterocycles. The van der Waals surface area contributed by atoms with Gasteiger partial charge in [0.05, 0.1) is 11.0 Å². The van der Waals surface area contributed by atoms with Crippen molar-refractivity contribution in [1.82, 2.24) is 0 Å². The van der Waals surface area contributed by atoms with Crippen LogP contribution in [0.5, 0.6) is 0 Å². The monoisotopic (exact) mass is 255 g/mol. The van der Waals surface area contributed by atoms with Gasteiger partial charge in [-0.15, -0.1) is 0 Å². The zero-order valence-electron chi connectivity index (χ0n) is 10.6. The molecule has 18 heavy (non-hydrogen) atoms. The second-order valence-electron chi connectivity index (χ2n) is 4.86. The molecule has 0 spiro atoms. The van der Waals surface area contributed by atoms with E-state index in [9.17, 15) is 19.6 Å². The Kier molecular flexibility index (Phi) is 5.22. The summed E-state index contributed by atoms with van der Waals surface area (Å²) in [5.74, 6) is -0.413. The summed E-state index contributed by atoms with van der Waals surface area (Å²) in [6, 6.07) is 3.86. The molecule has 0 aliphatic heterocycles. The number of nitro groups is 1. The number of nitro benzene ring substituents is 1. The van der Waals surface area contributed by atoms with Crippen LogP contribution in [0.3, 0.4) is 0 Å². The molecular formula is C13H18FNO3. The van der Waals surface area contributed by atoms with Gasteiger partial charge in [-0.05, 0) is 36.8 Å². The number of aliphatic hydroxyl groups is 1. The van der Waals surface area contributed by atoms with E-state index in [1.165, 1.54) is 18.2 Å². The maximum Gasteiger partial charge on any atom is 0.304 e. The van der Waals surface area contributed by atoms with E-state index in [0.717, 1.165) is 0 Å². The SMILES string of the molecule is CC(C)CC(O)CCc1ccc([N+](=O)[O-])c(F)c1. The van der Waals surface area contributed by atoms with Gasteiger partial charge in [0, 0.05) is 6.07 Å². The highest BCUT2D eigenvalue weighted by Crippen LogP contribution is 2.19. The van der Waals surface area contributed by atoms with Crippen LogP contribution < -0.4 is 0 Å². The Morgan fingerprint density at radius 2 is 2.11 bits per heavy atom. The minimum atomic E-state index is -0.823. The molecule has 0 saturated heterocycles. The maximum atomic E-state index is 13.3. The second kappa shape index (κ2) is 6.44. The highest BCUT2D eigenvalue weighted by molar-refractivity contribution is 5.35. The molecule has 0 aliphatic carbocycles. The topological polar surface area (TPSA) is 63.4 Å². The second-order valence-corrected chi connectivity index (χ2v) is 4.86. The molecule has 0 radical (unpaired) electrons. The van der Waals surface area contributed by atoms with E-state index in [1.807, 2.05) is 13.8 Å². The summed E-state index contributed by atoms with van der Waals surface area (Å²) in [6.45, 7) is 4.05. The third-order valence-electron chi connectivity index (χ3n) is 2.72. The lowest BCUT2D eigenvalue weighted by atomic mass is 9.99. The van der Waals surface area contributed by atoms with Gasteiger partial charge in [-0.3, -0.25) is 10.1 Å². The predicted octanol–water partition coefficient (Wildman–Crippen LogP) is 3.07. The minimum absolute atomic E-state index is 0.411. The summed E-state index contributed by atoms with van der Waals surface area (Å²) in [5.41, 5.74) is 0.155. The van der Waals surface area contributed by atoms with Crippen molar-refractivity contribution in [2.75, 3.05) is 0 Å². The van der Waals surface area contributed by atoms with Gasteiger partial charge >= 0.3 is 5.69 Å². The average molecular weight is 255 g/mol. The lowest BCUT2D eigenvalue weighted by molar-refractivity contribution is -0.387. The van der Waals surface area contributed by atoms with Crippen LogP contribution in [0.15, 0.2) is 18.2 Å². The van der Waals surface area contributed by atoms with E-state index in [1.54, 1.807) is 0 Å². The average Bonchev–Trinajstić information content (AvgIpc) is 2.25. The highest BCUT2D eigenvalue weighted by Gasteiger charge is 2.14. The van der Waals surface area contributed by atoms with Crippen LogP contribution >= 0.6 is 0 Å². The van der Waals surface area contributed by atoms with Crippen molar-refractivity contribution in [1.29, 1.82) is 0 Å². The van der Waals surface area contributed by atoms with Gasteiger partial charge < -0.3 is 5.11 Å². The zero-order valence-corrected chi connectivity index (χ0v) is 10.6. The summed E-state index contributed by atoms with van der Waals surface area (Å²) in [5, 5.41) is 20.1. The summed E-state index contributed by atoms with van der Waals surface area (Å²) in [6.07, 6.45) is 1.34. The lowest BCUT2D eigenvalue weighted by Crippen LogP contribution is -2.11. The molecule has 1 N–H and O–H groups in total. The van der Waals surface area contributed by atoms with Gasteiger partial charge in [0.15, 0.2) is 0 Å². The van der Waals surface area contributed by atoms with Crippen molar-refractivity contribution in [2.45, 2.75) is 39.2 Å². The van der Waals surface area contributed by atoms with Gasteiger partial charge in [0.1, 0.15) is 0 Å². The number of halogens is 1. The van der Waals surface area contributed by atoms with E-state index < -0.39 is 22.5 Å². The molecule has 100 valence electrons. The number of aryl methyl sites for hydroxylation is 1. The largest absolute Gasteiger partial charge is 0.393 e.